The van der Waals surface area contributed by atoms with Crippen LogP contribution >= 0.6 is 0 Å². The van der Waals surface area contributed by atoms with Crippen molar-refractivity contribution in [2.45, 2.75) is 25.8 Å². The van der Waals surface area contributed by atoms with E-state index in [0.29, 0.717) is 12.5 Å². The van der Waals surface area contributed by atoms with Gasteiger partial charge in [-0.1, -0.05) is 54.6 Å². The van der Waals surface area contributed by atoms with Gasteiger partial charge in [0.15, 0.2) is 0 Å². The van der Waals surface area contributed by atoms with Gasteiger partial charge < -0.3 is 10.4 Å². The van der Waals surface area contributed by atoms with E-state index in [1.807, 2.05) is 6.07 Å². The molecule has 1 heterocycles. The topological polar surface area (TPSA) is 52.6 Å². The van der Waals surface area contributed by atoms with E-state index in [1.165, 1.54) is 16.7 Å². The first-order valence-electron chi connectivity index (χ1n) is 8.92. The van der Waals surface area contributed by atoms with Crippen molar-refractivity contribution in [2.75, 3.05) is 19.6 Å². The van der Waals surface area contributed by atoms with Crippen LogP contribution in [0.25, 0.3) is 0 Å². The molecule has 1 fully saturated rings. The Morgan fingerprint density at radius 2 is 1.88 bits per heavy atom. The first kappa shape index (κ1) is 17.5. The minimum absolute atomic E-state index is 0.287. The quantitative estimate of drug-likeness (QED) is 0.870. The molecule has 0 aliphatic carbocycles. The Morgan fingerprint density at radius 3 is 2.60 bits per heavy atom. The van der Waals surface area contributed by atoms with Crippen molar-refractivity contribution in [1.29, 1.82) is 0 Å². The van der Waals surface area contributed by atoms with Gasteiger partial charge in [-0.3, -0.25) is 4.90 Å². The lowest BCUT2D eigenvalue weighted by Crippen LogP contribution is -2.44. The lowest BCUT2D eigenvalue weighted by molar-refractivity contribution is 0.140. The monoisotopic (exact) mass is 338 g/mol. The summed E-state index contributed by atoms with van der Waals surface area (Å²) < 4.78 is 0. The van der Waals surface area contributed by atoms with Crippen LogP contribution in [-0.4, -0.2) is 35.7 Å². The highest BCUT2D eigenvalue weighted by Gasteiger charge is 2.31. The Labute approximate surface area is 149 Å². The van der Waals surface area contributed by atoms with Crippen molar-refractivity contribution < 1.29 is 9.90 Å². The van der Waals surface area contributed by atoms with E-state index in [2.05, 4.69) is 65.7 Å². The number of nitrogens with zero attached hydrogens (tertiary/aromatic N) is 1. The summed E-state index contributed by atoms with van der Waals surface area (Å²) in [6, 6.07) is 19.0. The maximum absolute atomic E-state index is 11.0. The maximum atomic E-state index is 11.0. The highest BCUT2D eigenvalue weighted by Crippen LogP contribution is 2.35. The molecule has 0 saturated carbocycles. The molecule has 0 unspecified atom stereocenters. The summed E-state index contributed by atoms with van der Waals surface area (Å²) in [5.41, 5.74) is 3.96. The predicted octanol–water partition coefficient (Wildman–Crippen LogP) is 3.87. The number of aryl methyl sites for hydroxylation is 1. The van der Waals surface area contributed by atoms with E-state index in [9.17, 15) is 4.79 Å². The first-order chi connectivity index (χ1) is 12.1. The number of hydrogen-bond acceptors (Lipinski definition) is 2. The number of benzene rings is 2. The molecule has 1 aliphatic heterocycles. The van der Waals surface area contributed by atoms with E-state index in [1.54, 1.807) is 0 Å². The third kappa shape index (κ3) is 4.60. The second-order valence-electron chi connectivity index (χ2n) is 6.92. The third-order valence-electron chi connectivity index (χ3n) is 5.17. The number of piperidine rings is 1. The highest BCUT2D eigenvalue weighted by atomic mass is 16.4. The molecular weight excluding hydrogens is 312 g/mol. The molecule has 1 aliphatic rings. The van der Waals surface area contributed by atoms with E-state index in [0.717, 1.165) is 26.1 Å². The average molecular weight is 338 g/mol. The fourth-order valence-corrected chi connectivity index (χ4v) is 3.93. The molecule has 2 aromatic rings. The molecule has 4 heteroatoms. The van der Waals surface area contributed by atoms with Crippen LogP contribution in [0.3, 0.4) is 0 Å². The lowest BCUT2D eigenvalue weighted by Gasteiger charge is -2.39. The predicted molar refractivity (Wildman–Crippen MR) is 99.8 cm³/mol. The fraction of sp³-hybridized carbons (Fsp3) is 0.381. The lowest BCUT2D eigenvalue weighted by atomic mass is 9.78. The number of carboxylic acid groups (broad SMARTS) is 1. The number of carbonyl (C=O) groups is 1. The number of amides is 1. The van der Waals surface area contributed by atoms with Gasteiger partial charge in [0.2, 0.25) is 0 Å². The second kappa shape index (κ2) is 8.17. The van der Waals surface area contributed by atoms with Crippen LogP contribution in [-0.2, 0) is 6.54 Å². The largest absolute Gasteiger partial charge is 0.465 e. The van der Waals surface area contributed by atoms with Gasteiger partial charge in [-0.2, -0.15) is 0 Å². The molecule has 0 aromatic heterocycles. The normalized spacial score (nSPS) is 21.0. The number of rotatable bonds is 5. The summed E-state index contributed by atoms with van der Waals surface area (Å²) >= 11 is 0. The molecule has 2 N–H and O–H groups in total. The number of hydrogen-bond donors (Lipinski definition) is 2. The Hall–Kier alpha value is -2.33. The molecule has 1 amide bonds. The van der Waals surface area contributed by atoms with Gasteiger partial charge in [0.05, 0.1) is 0 Å². The molecule has 3 rings (SSSR count). The molecule has 25 heavy (non-hydrogen) atoms. The molecule has 2 atom stereocenters. The van der Waals surface area contributed by atoms with Crippen molar-refractivity contribution in [3.05, 3.63) is 71.3 Å². The minimum atomic E-state index is -0.941. The SMILES string of the molecule is Cc1ccccc1[C@H]1CCN(Cc2ccccc2)C[C@@H]1CNC(=O)O. The third-order valence-corrected chi connectivity index (χ3v) is 5.17. The van der Waals surface area contributed by atoms with Gasteiger partial charge >= 0.3 is 6.09 Å². The molecule has 0 spiro atoms. The van der Waals surface area contributed by atoms with Crippen LogP contribution < -0.4 is 5.32 Å². The molecule has 132 valence electrons. The van der Waals surface area contributed by atoms with Gasteiger partial charge in [0.1, 0.15) is 0 Å². The van der Waals surface area contributed by atoms with E-state index in [-0.39, 0.29) is 5.92 Å². The summed E-state index contributed by atoms with van der Waals surface area (Å²) in [6.07, 6.45) is 0.118. The van der Waals surface area contributed by atoms with Gasteiger partial charge in [0.25, 0.3) is 0 Å². The van der Waals surface area contributed by atoms with Crippen molar-refractivity contribution in [1.82, 2.24) is 10.2 Å². The molecule has 0 radical (unpaired) electrons. The van der Waals surface area contributed by atoms with Gasteiger partial charge in [-0.05, 0) is 48.4 Å². The van der Waals surface area contributed by atoms with Crippen LogP contribution in [0.4, 0.5) is 4.79 Å². The Bertz CT molecular complexity index is 702. The summed E-state index contributed by atoms with van der Waals surface area (Å²) in [5.74, 6) is 0.690. The zero-order valence-corrected chi connectivity index (χ0v) is 14.7. The van der Waals surface area contributed by atoms with Crippen molar-refractivity contribution >= 4 is 6.09 Å². The zero-order chi connectivity index (χ0) is 17.6. The van der Waals surface area contributed by atoms with Crippen LogP contribution in [0, 0.1) is 12.8 Å². The van der Waals surface area contributed by atoms with Crippen LogP contribution in [0.15, 0.2) is 54.6 Å². The van der Waals surface area contributed by atoms with E-state index >= 15 is 0 Å². The van der Waals surface area contributed by atoms with E-state index < -0.39 is 6.09 Å². The Morgan fingerprint density at radius 1 is 1.16 bits per heavy atom. The minimum Gasteiger partial charge on any atom is -0.465 e. The smallest absolute Gasteiger partial charge is 0.404 e. The van der Waals surface area contributed by atoms with Gasteiger partial charge in [0, 0.05) is 19.6 Å². The second-order valence-corrected chi connectivity index (χ2v) is 6.92. The summed E-state index contributed by atoms with van der Waals surface area (Å²) in [4.78, 5) is 13.4. The average Bonchev–Trinajstić information content (AvgIpc) is 2.62. The molecule has 0 bridgehead atoms. The highest BCUT2D eigenvalue weighted by molar-refractivity contribution is 5.64. The fourth-order valence-electron chi connectivity index (χ4n) is 3.93. The number of likely N-dealkylation sites (tertiary alicyclic amines) is 1. The van der Waals surface area contributed by atoms with Gasteiger partial charge in [-0.25, -0.2) is 4.79 Å². The molecule has 1 saturated heterocycles. The standard InChI is InChI=1S/C21H26N2O2/c1-16-7-5-6-10-19(16)20-11-12-23(14-17-8-3-2-4-9-17)15-18(20)13-22-21(24)25/h2-10,18,20,22H,11-15H2,1H3,(H,24,25)/t18-,20-/m0/s1. The Kier molecular flexibility index (Phi) is 5.71. The Balaban J connectivity index is 1.74. The van der Waals surface area contributed by atoms with Crippen LogP contribution in [0.1, 0.15) is 29.0 Å². The molecule has 4 nitrogen and oxygen atoms in total. The van der Waals surface area contributed by atoms with Gasteiger partial charge in [-0.15, -0.1) is 0 Å². The van der Waals surface area contributed by atoms with Crippen molar-refractivity contribution in [3.8, 4) is 0 Å². The van der Waals surface area contributed by atoms with Crippen molar-refractivity contribution in [3.63, 3.8) is 0 Å². The first-order valence-corrected chi connectivity index (χ1v) is 8.92. The zero-order valence-electron chi connectivity index (χ0n) is 14.7. The van der Waals surface area contributed by atoms with Crippen LogP contribution in [0.2, 0.25) is 0 Å². The summed E-state index contributed by atoms with van der Waals surface area (Å²) in [6.45, 7) is 5.52. The van der Waals surface area contributed by atoms with Crippen LogP contribution in [0.5, 0.6) is 0 Å². The molecule has 2 aromatic carbocycles. The summed E-state index contributed by atoms with van der Waals surface area (Å²) in [5, 5.41) is 11.6. The van der Waals surface area contributed by atoms with E-state index in [4.69, 9.17) is 5.11 Å². The summed E-state index contributed by atoms with van der Waals surface area (Å²) in [7, 11) is 0. The maximum Gasteiger partial charge on any atom is 0.404 e. The number of nitrogens with one attached hydrogen (secondary N) is 1. The molecular formula is C21H26N2O2. The van der Waals surface area contributed by atoms with Crippen molar-refractivity contribution in [2.24, 2.45) is 5.92 Å².